The molecule has 0 unspecified atom stereocenters. The first kappa shape index (κ1) is 20.6. The zero-order valence-electron chi connectivity index (χ0n) is 16.7. The molecule has 3 nitrogen and oxygen atoms in total. The number of hydrogen-bond donors (Lipinski definition) is 3. The normalized spacial score (nSPS) is 20.6. The quantitative estimate of drug-likeness (QED) is 0.479. The molecule has 0 bridgehead atoms. The van der Waals surface area contributed by atoms with Crippen LogP contribution >= 0.6 is 23.1 Å². The van der Waals surface area contributed by atoms with E-state index in [4.69, 9.17) is 0 Å². The van der Waals surface area contributed by atoms with Gasteiger partial charge in [-0.25, -0.2) is 0 Å². The van der Waals surface area contributed by atoms with Gasteiger partial charge in [0.25, 0.3) is 0 Å². The van der Waals surface area contributed by atoms with Crippen LogP contribution in [0.5, 0.6) is 0 Å². The largest absolute Gasteiger partial charge is 0.386 e. The zero-order chi connectivity index (χ0) is 19.9. The van der Waals surface area contributed by atoms with Crippen LogP contribution in [0.4, 0.5) is 0 Å². The lowest BCUT2D eigenvalue weighted by molar-refractivity contribution is -1.02. The molecule has 0 saturated carbocycles. The van der Waals surface area contributed by atoms with Gasteiger partial charge in [-0.15, -0.1) is 23.1 Å². The molecule has 152 valence electrons. The van der Waals surface area contributed by atoms with Crippen LogP contribution in [-0.4, -0.2) is 49.7 Å². The fraction of sp³-hybridized carbons (Fsp3) is 0.333. The smallest absolute Gasteiger partial charge is 0.139 e. The highest BCUT2D eigenvalue weighted by molar-refractivity contribution is 8.01. The second-order valence-corrected chi connectivity index (χ2v) is 10.0. The number of thiophene rings is 1. The van der Waals surface area contributed by atoms with E-state index in [0.717, 1.165) is 38.5 Å². The fourth-order valence-corrected chi connectivity index (χ4v) is 6.03. The molecule has 1 aliphatic heterocycles. The van der Waals surface area contributed by atoms with Crippen LogP contribution in [-0.2, 0) is 0 Å². The second kappa shape index (κ2) is 10.4. The van der Waals surface area contributed by atoms with Gasteiger partial charge in [-0.05, 0) is 11.4 Å². The third kappa shape index (κ3) is 5.71. The molecule has 0 radical (unpaired) electrons. The van der Waals surface area contributed by atoms with Gasteiger partial charge in [0.05, 0.1) is 4.21 Å². The van der Waals surface area contributed by atoms with E-state index in [9.17, 15) is 5.11 Å². The van der Waals surface area contributed by atoms with E-state index in [-0.39, 0.29) is 6.10 Å². The van der Waals surface area contributed by atoms with Crippen molar-refractivity contribution in [1.82, 2.24) is 0 Å². The van der Waals surface area contributed by atoms with Gasteiger partial charge in [-0.2, -0.15) is 0 Å². The van der Waals surface area contributed by atoms with Crippen molar-refractivity contribution in [3.8, 4) is 0 Å². The summed E-state index contributed by atoms with van der Waals surface area (Å²) in [6, 6.07) is 26.4. The average Bonchev–Trinajstić information content (AvgIpc) is 3.29. The van der Waals surface area contributed by atoms with Gasteiger partial charge in [0, 0.05) is 16.9 Å². The van der Waals surface area contributed by atoms with E-state index in [1.165, 1.54) is 20.2 Å². The van der Waals surface area contributed by atoms with Crippen molar-refractivity contribution >= 4 is 23.1 Å². The standard InChI is InChI=1S/C24H28N2OS2/c27-22(19-29-23-12-7-17-28-23)18-25-13-15-26(16-14-25)24(20-8-3-1-4-9-20)21-10-5-2-6-11-21/h1-12,17,22,24,27H,13-16,18-19H2/p+2/t22-/m1/s1. The molecule has 1 aromatic heterocycles. The van der Waals surface area contributed by atoms with E-state index < -0.39 is 0 Å². The topological polar surface area (TPSA) is 29.1 Å². The third-order valence-corrected chi connectivity index (χ3v) is 7.99. The molecular formula is C24H30N2OS2+2. The maximum Gasteiger partial charge on any atom is 0.139 e. The number of nitrogens with one attached hydrogen (secondary N) is 2. The van der Waals surface area contributed by atoms with Crippen LogP contribution in [0.3, 0.4) is 0 Å². The maximum atomic E-state index is 10.5. The molecule has 3 N–H and O–H groups in total. The van der Waals surface area contributed by atoms with Crippen LogP contribution in [0.1, 0.15) is 17.2 Å². The highest BCUT2D eigenvalue weighted by atomic mass is 32.2. The van der Waals surface area contributed by atoms with Gasteiger partial charge in [0.1, 0.15) is 44.9 Å². The van der Waals surface area contributed by atoms with Crippen LogP contribution in [0.25, 0.3) is 0 Å². The van der Waals surface area contributed by atoms with E-state index in [0.29, 0.717) is 6.04 Å². The van der Waals surface area contributed by atoms with E-state index in [2.05, 4.69) is 78.2 Å². The summed E-state index contributed by atoms with van der Waals surface area (Å²) < 4.78 is 1.29. The number of quaternary nitrogens is 2. The van der Waals surface area contributed by atoms with Gasteiger partial charge < -0.3 is 14.9 Å². The third-order valence-electron chi connectivity index (χ3n) is 5.71. The lowest BCUT2D eigenvalue weighted by atomic mass is 9.96. The Morgan fingerprint density at radius 3 is 2.00 bits per heavy atom. The summed E-state index contributed by atoms with van der Waals surface area (Å²) in [6.07, 6.45) is -0.238. The molecular weight excluding hydrogens is 396 g/mol. The highest BCUT2D eigenvalue weighted by Gasteiger charge is 2.32. The van der Waals surface area contributed by atoms with Crippen LogP contribution < -0.4 is 9.80 Å². The maximum absolute atomic E-state index is 10.5. The summed E-state index contributed by atoms with van der Waals surface area (Å²) >= 11 is 3.53. The van der Waals surface area contributed by atoms with Crippen molar-refractivity contribution in [3.63, 3.8) is 0 Å². The first-order valence-electron chi connectivity index (χ1n) is 10.4. The van der Waals surface area contributed by atoms with Gasteiger partial charge in [0.2, 0.25) is 0 Å². The van der Waals surface area contributed by atoms with Crippen molar-refractivity contribution in [2.24, 2.45) is 0 Å². The predicted molar refractivity (Wildman–Crippen MR) is 122 cm³/mol. The summed E-state index contributed by atoms with van der Waals surface area (Å²) in [7, 11) is 0. The van der Waals surface area contributed by atoms with Crippen LogP contribution in [0, 0.1) is 0 Å². The predicted octanol–water partition coefficient (Wildman–Crippen LogP) is 1.77. The molecule has 1 saturated heterocycles. The summed E-state index contributed by atoms with van der Waals surface area (Å²) in [5.41, 5.74) is 2.79. The lowest BCUT2D eigenvalue weighted by Gasteiger charge is -2.35. The fourth-order valence-electron chi connectivity index (χ4n) is 4.29. The second-order valence-electron chi connectivity index (χ2n) is 7.76. The minimum absolute atomic E-state index is 0.238. The number of piperazine rings is 1. The monoisotopic (exact) mass is 426 g/mol. The van der Waals surface area contributed by atoms with Crippen molar-refractivity contribution in [3.05, 3.63) is 89.3 Å². The minimum atomic E-state index is -0.238. The Morgan fingerprint density at radius 1 is 0.828 bits per heavy atom. The van der Waals surface area contributed by atoms with Crippen molar-refractivity contribution < 1.29 is 14.9 Å². The number of hydrogen-bond acceptors (Lipinski definition) is 3. The van der Waals surface area contributed by atoms with Crippen molar-refractivity contribution in [2.75, 3.05) is 38.5 Å². The minimum Gasteiger partial charge on any atom is -0.386 e. The molecule has 1 atom stereocenters. The lowest BCUT2D eigenvalue weighted by Crippen LogP contribution is -3.28. The molecule has 2 heterocycles. The summed E-state index contributed by atoms with van der Waals surface area (Å²) in [4.78, 5) is 3.17. The average molecular weight is 427 g/mol. The van der Waals surface area contributed by atoms with Crippen molar-refractivity contribution in [2.45, 2.75) is 16.4 Å². The number of aliphatic hydroxyl groups excluding tert-OH is 1. The molecule has 0 spiro atoms. The molecule has 0 aliphatic carbocycles. The molecule has 3 aromatic rings. The summed E-state index contributed by atoms with van der Waals surface area (Å²) in [5.74, 6) is 0.789. The van der Waals surface area contributed by atoms with Gasteiger partial charge in [-0.1, -0.05) is 66.7 Å². The summed E-state index contributed by atoms with van der Waals surface area (Å²) in [6.45, 7) is 5.36. The first-order valence-corrected chi connectivity index (χ1v) is 12.3. The number of thioether (sulfide) groups is 1. The number of rotatable bonds is 8. The molecule has 0 amide bonds. The SMILES string of the molecule is O[C@@H](CSc1cccs1)C[NH+]1CC[NH+](C(c2ccccc2)c2ccccc2)CC1. The number of benzene rings is 2. The van der Waals surface area contributed by atoms with E-state index in [1.807, 2.05) is 0 Å². The Morgan fingerprint density at radius 2 is 1.45 bits per heavy atom. The molecule has 2 aromatic carbocycles. The van der Waals surface area contributed by atoms with E-state index in [1.54, 1.807) is 28.0 Å². The van der Waals surface area contributed by atoms with Gasteiger partial charge >= 0.3 is 0 Å². The Bertz CT molecular complexity index is 794. The Kier molecular flexibility index (Phi) is 7.41. The van der Waals surface area contributed by atoms with Gasteiger partial charge in [-0.3, -0.25) is 0 Å². The summed E-state index contributed by atoms with van der Waals surface area (Å²) in [5, 5.41) is 12.6. The zero-order valence-corrected chi connectivity index (χ0v) is 18.3. The van der Waals surface area contributed by atoms with Crippen LogP contribution in [0.15, 0.2) is 82.4 Å². The highest BCUT2D eigenvalue weighted by Crippen LogP contribution is 2.23. The number of aliphatic hydroxyl groups is 1. The molecule has 4 rings (SSSR count). The van der Waals surface area contributed by atoms with Crippen molar-refractivity contribution in [1.29, 1.82) is 0 Å². The van der Waals surface area contributed by atoms with Gasteiger partial charge in [0.15, 0.2) is 0 Å². The molecule has 1 aliphatic rings. The van der Waals surface area contributed by atoms with Crippen LogP contribution in [0.2, 0.25) is 0 Å². The molecule has 1 fully saturated rings. The van der Waals surface area contributed by atoms with E-state index >= 15 is 0 Å². The molecule has 5 heteroatoms. The first-order chi connectivity index (χ1) is 14.3. The Labute approximate surface area is 182 Å². The Balaban J connectivity index is 1.34. The Hall–Kier alpha value is -1.63. The molecule has 29 heavy (non-hydrogen) atoms.